The molecule has 5 nitrogen and oxygen atoms in total. The van der Waals surface area contributed by atoms with Crippen molar-refractivity contribution in [1.82, 2.24) is 5.32 Å². The van der Waals surface area contributed by atoms with E-state index in [1.54, 1.807) is 14.0 Å². The van der Waals surface area contributed by atoms with Gasteiger partial charge in [-0.15, -0.1) is 0 Å². The molecule has 1 aromatic carbocycles. The molecule has 0 aromatic heterocycles. The average Bonchev–Trinajstić information content (AvgIpc) is 3.34. The minimum Gasteiger partial charge on any atom is -0.497 e. The molecule has 5 heteroatoms. The van der Waals surface area contributed by atoms with Gasteiger partial charge in [-0.1, -0.05) is 19.1 Å². The molecule has 1 fully saturated rings. The quantitative estimate of drug-likeness (QED) is 0.819. The molecule has 1 aliphatic carbocycles. The summed E-state index contributed by atoms with van der Waals surface area (Å²) < 4.78 is 9.91. The van der Waals surface area contributed by atoms with Crippen LogP contribution in [0.5, 0.6) is 5.75 Å². The van der Waals surface area contributed by atoms with Crippen molar-refractivity contribution in [1.29, 1.82) is 0 Å². The smallest absolute Gasteiger partial charge is 0.331 e. The second-order valence-electron chi connectivity index (χ2n) is 5.89. The summed E-state index contributed by atoms with van der Waals surface area (Å²) in [5, 5.41) is 2.84. The van der Waals surface area contributed by atoms with Gasteiger partial charge in [0.05, 0.1) is 14.2 Å². The molecule has 2 rings (SSSR count). The summed E-state index contributed by atoms with van der Waals surface area (Å²) in [5.74, 6) is 0.434. The Labute approximate surface area is 131 Å². The molecule has 0 aliphatic heterocycles. The Morgan fingerprint density at radius 3 is 2.41 bits per heavy atom. The summed E-state index contributed by atoms with van der Waals surface area (Å²) in [6.07, 6.45) is 1.30. The van der Waals surface area contributed by atoms with Gasteiger partial charge < -0.3 is 14.8 Å². The maximum absolute atomic E-state index is 12.4. The summed E-state index contributed by atoms with van der Waals surface area (Å²) >= 11 is 0. The molecule has 1 aromatic rings. The number of nitrogens with one attached hydrogen (secondary N) is 1. The number of carbonyl (C=O) groups is 2. The van der Waals surface area contributed by atoms with E-state index in [9.17, 15) is 9.59 Å². The van der Waals surface area contributed by atoms with Crippen LogP contribution < -0.4 is 10.1 Å². The minimum atomic E-state index is -0.959. The Hall–Kier alpha value is -2.04. The summed E-state index contributed by atoms with van der Waals surface area (Å²) in [6.45, 7) is 3.55. The van der Waals surface area contributed by atoms with Crippen molar-refractivity contribution in [2.45, 2.75) is 38.1 Å². The SMILES string of the molecule is CC[C@](C)(NC(=O)[C@@H]1C[C@H]1c1ccc(OC)cc1)C(=O)OC. The van der Waals surface area contributed by atoms with Gasteiger partial charge in [-0.25, -0.2) is 4.79 Å². The number of amides is 1. The van der Waals surface area contributed by atoms with E-state index in [-0.39, 0.29) is 17.7 Å². The normalized spacial score (nSPS) is 22.4. The molecule has 0 bridgehead atoms. The highest BCUT2D eigenvalue weighted by molar-refractivity contribution is 5.90. The molecule has 0 heterocycles. The zero-order valence-electron chi connectivity index (χ0n) is 13.5. The maximum Gasteiger partial charge on any atom is 0.331 e. The monoisotopic (exact) mass is 305 g/mol. The highest BCUT2D eigenvalue weighted by Crippen LogP contribution is 2.48. The fraction of sp³-hybridized carbons (Fsp3) is 0.529. The largest absolute Gasteiger partial charge is 0.497 e. The first-order valence-electron chi connectivity index (χ1n) is 7.49. The van der Waals surface area contributed by atoms with Crippen LogP contribution in [-0.4, -0.2) is 31.6 Å². The van der Waals surface area contributed by atoms with E-state index < -0.39 is 11.5 Å². The fourth-order valence-corrected chi connectivity index (χ4v) is 2.58. The van der Waals surface area contributed by atoms with Gasteiger partial charge in [0.15, 0.2) is 0 Å². The minimum absolute atomic E-state index is 0.0797. The standard InChI is InChI=1S/C17H23NO4/c1-5-17(2,16(20)22-4)18-15(19)14-10-13(14)11-6-8-12(21-3)9-7-11/h6-9,13-14H,5,10H2,1-4H3,(H,18,19)/t13-,14+,17-/m0/s1. The van der Waals surface area contributed by atoms with E-state index in [2.05, 4.69) is 5.32 Å². The molecule has 0 spiro atoms. The number of rotatable bonds is 6. The lowest BCUT2D eigenvalue weighted by Gasteiger charge is -2.26. The Bertz CT molecular complexity index is 554. The molecule has 22 heavy (non-hydrogen) atoms. The van der Waals surface area contributed by atoms with Crippen molar-refractivity contribution in [3.63, 3.8) is 0 Å². The molecule has 0 radical (unpaired) electrons. The zero-order chi connectivity index (χ0) is 16.3. The fourth-order valence-electron chi connectivity index (χ4n) is 2.58. The van der Waals surface area contributed by atoms with Gasteiger partial charge in [-0.3, -0.25) is 4.79 Å². The van der Waals surface area contributed by atoms with Gasteiger partial charge in [0.1, 0.15) is 11.3 Å². The third-order valence-corrected chi connectivity index (χ3v) is 4.41. The maximum atomic E-state index is 12.4. The summed E-state index contributed by atoms with van der Waals surface area (Å²) in [5.41, 5.74) is 0.163. The van der Waals surface area contributed by atoms with Crippen molar-refractivity contribution in [2.24, 2.45) is 5.92 Å². The van der Waals surface area contributed by atoms with Crippen molar-refractivity contribution in [3.05, 3.63) is 29.8 Å². The van der Waals surface area contributed by atoms with Gasteiger partial charge in [-0.05, 0) is 43.4 Å². The first-order valence-corrected chi connectivity index (χ1v) is 7.49. The van der Waals surface area contributed by atoms with Gasteiger partial charge in [-0.2, -0.15) is 0 Å². The summed E-state index contributed by atoms with van der Waals surface area (Å²) in [7, 11) is 2.96. The second kappa shape index (κ2) is 6.38. The number of ether oxygens (including phenoxy) is 2. The number of methoxy groups -OCH3 is 2. The molecular weight excluding hydrogens is 282 g/mol. The van der Waals surface area contributed by atoms with Crippen LogP contribution in [0, 0.1) is 5.92 Å². The van der Waals surface area contributed by atoms with Crippen LogP contribution in [0.25, 0.3) is 0 Å². The number of hydrogen-bond acceptors (Lipinski definition) is 4. The van der Waals surface area contributed by atoms with E-state index >= 15 is 0 Å². The Balaban J connectivity index is 1.99. The van der Waals surface area contributed by atoms with Crippen molar-refractivity contribution >= 4 is 11.9 Å². The molecule has 1 amide bonds. The molecule has 0 unspecified atom stereocenters. The Morgan fingerprint density at radius 1 is 1.27 bits per heavy atom. The first kappa shape index (κ1) is 16.3. The number of benzene rings is 1. The van der Waals surface area contributed by atoms with E-state index in [4.69, 9.17) is 9.47 Å². The Morgan fingerprint density at radius 2 is 1.91 bits per heavy atom. The van der Waals surface area contributed by atoms with Crippen LogP contribution in [-0.2, 0) is 14.3 Å². The van der Waals surface area contributed by atoms with Crippen molar-refractivity contribution in [3.8, 4) is 5.75 Å². The number of hydrogen-bond donors (Lipinski definition) is 1. The predicted octanol–water partition coefficient (Wildman–Crippen LogP) is 2.26. The highest BCUT2D eigenvalue weighted by Gasteiger charge is 2.46. The lowest BCUT2D eigenvalue weighted by atomic mass is 9.98. The van der Waals surface area contributed by atoms with Gasteiger partial charge >= 0.3 is 5.97 Å². The summed E-state index contributed by atoms with van der Waals surface area (Å²) in [6, 6.07) is 7.76. The van der Waals surface area contributed by atoms with Crippen molar-refractivity contribution < 1.29 is 19.1 Å². The van der Waals surface area contributed by atoms with E-state index in [1.807, 2.05) is 31.2 Å². The molecule has 120 valence electrons. The third kappa shape index (κ3) is 3.24. The summed E-state index contributed by atoms with van der Waals surface area (Å²) in [4.78, 5) is 24.2. The van der Waals surface area contributed by atoms with Crippen LogP contribution >= 0.6 is 0 Å². The molecule has 1 aliphatic rings. The topological polar surface area (TPSA) is 64.6 Å². The zero-order valence-corrected chi connectivity index (χ0v) is 13.5. The van der Waals surface area contributed by atoms with E-state index in [0.29, 0.717) is 6.42 Å². The van der Waals surface area contributed by atoms with E-state index in [1.165, 1.54) is 7.11 Å². The molecular formula is C17H23NO4. The van der Waals surface area contributed by atoms with Gasteiger partial charge in [0, 0.05) is 5.92 Å². The number of carbonyl (C=O) groups excluding carboxylic acids is 2. The van der Waals surface area contributed by atoms with Gasteiger partial charge in [0.25, 0.3) is 0 Å². The van der Waals surface area contributed by atoms with E-state index in [0.717, 1.165) is 17.7 Å². The second-order valence-corrected chi connectivity index (χ2v) is 5.89. The highest BCUT2D eigenvalue weighted by atomic mass is 16.5. The van der Waals surface area contributed by atoms with Gasteiger partial charge in [0.2, 0.25) is 5.91 Å². The van der Waals surface area contributed by atoms with Crippen LogP contribution in [0.3, 0.4) is 0 Å². The average molecular weight is 305 g/mol. The lowest BCUT2D eigenvalue weighted by Crippen LogP contribution is -2.52. The molecule has 0 saturated heterocycles. The first-order chi connectivity index (χ1) is 10.4. The number of esters is 1. The van der Waals surface area contributed by atoms with Crippen molar-refractivity contribution in [2.75, 3.05) is 14.2 Å². The van der Waals surface area contributed by atoms with Crippen LogP contribution in [0.2, 0.25) is 0 Å². The van der Waals surface area contributed by atoms with Crippen LogP contribution in [0.1, 0.15) is 38.2 Å². The predicted molar refractivity (Wildman–Crippen MR) is 82.7 cm³/mol. The Kier molecular flexibility index (Phi) is 4.74. The van der Waals surface area contributed by atoms with Crippen LogP contribution in [0.15, 0.2) is 24.3 Å². The lowest BCUT2D eigenvalue weighted by molar-refractivity contribution is -0.150. The third-order valence-electron chi connectivity index (χ3n) is 4.41. The van der Waals surface area contributed by atoms with Crippen LogP contribution in [0.4, 0.5) is 0 Å². The molecule has 1 N–H and O–H groups in total. The molecule has 3 atom stereocenters. The molecule has 1 saturated carbocycles.